The van der Waals surface area contributed by atoms with Crippen LogP contribution >= 0.6 is 0 Å². The van der Waals surface area contributed by atoms with Crippen molar-refractivity contribution in [2.24, 2.45) is 19.2 Å². The number of nitrogens with zero attached hydrogens (tertiary/aromatic N) is 2. The molecule has 0 saturated heterocycles. The molecule has 1 heterocycles. The number of rotatable bonds is 1. The van der Waals surface area contributed by atoms with Crippen LogP contribution < -0.4 is 22.1 Å². The van der Waals surface area contributed by atoms with Gasteiger partial charge < -0.3 is 5.73 Å². The van der Waals surface area contributed by atoms with Gasteiger partial charge in [-0.05, 0) is 0 Å². The summed E-state index contributed by atoms with van der Waals surface area (Å²) in [5, 5.41) is 4.81. The van der Waals surface area contributed by atoms with E-state index in [4.69, 9.17) is 10.9 Å². The summed E-state index contributed by atoms with van der Waals surface area (Å²) in [5.41, 5.74) is 3.58. The lowest BCUT2D eigenvalue weighted by Crippen LogP contribution is -2.42. The first-order valence-corrected chi connectivity index (χ1v) is 5.31. The van der Waals surface area contributed by atoms with Gasteiger partial charge in [0.15, 0.2) is 4.90 Å². The molecule has 4 N–H and O–H groups in total. The summed E-state index contributed by atoms with van der Waals surface area (Å²) in [6.45, 7) is 0. The van der Waals surface area contributed by atoms with E-state index in [1.807, 2.05) is 0 Å². The van der Waals surface area contributed by atoms with Crippen molar-refractivity contribution in [1.82, 2.24) is 9.13 Å². The van der Waals surface area contributed by atoms with Gasteiger partial charge in [0, 0.05) is 14.1 Å². The van der Waals surface area contributed by atoms with Crippen molar-refractivity contribution in [2.75, 3.05) is 5.73 Å². The number of hydrogen-bond donors (Lipinski definition) is 2. The molecule has 0 fully saturated rings. The van der Waals surface area contributed by atoms with E-state index in [0.717, 1.165) is 11.6 Å². The lowest BCUT2D eigenvalue weighted by molar-refractivity contribution is 0.588. The maximum atomic E-state index is 11.4. The standard InChI is InChI=1S/C6H10N4O4S/c1-9-4(7)3(15(8,13)14)5(11)10(2)6(9)12/h7H2,1-2H3,(H2,8,13,14). The summed E-state index contributed by atoms with van der Waals surface area (Å²) in [5.74, 6) is -0.467. The Morgan fingerprint density at radius 3 is 2.00 bits per heavy atom. The molecule has 0 unspecified atom stereocenters. The summed E-state index contributed by atoms with van der Waals surface area (Å²) in [6.07, 6.45) is 0. The molecule has 1 rings (SSSR count). The fourth-order valence-corrected chi connectivity index (χ4v) is 1.91. The van der Waals surface area contributed by atoms with Crippen LogP contribution in [0.2, 0.25) is 0 Å². The van der Waals surface area contributed by atoms with E-state index in [0.29, 0.717) is 4.57 Å². The minimum absolute atomic E-state index is 0.467. The quantitative estimate of drug-likeness (QED) is 0.546. The zero-order chi connectivity index (χ0) is 12.0. The average Bonchev–Trinajstić information content (AvgIpc) is 2.09. The first kappa shape index (κ1) is 11.5. The van der Waals surface area contributed by atoms with Crippen LogP contribution in [-0.4, -0.2) is 17.6 Å². The van der Waals surface area contributed by atoms with Crippen molar-refractivity contribution in [1.29, 1.82) is 0 Å². The van der Waals surface area contributed by atoms with Crippen LogP contribution in [0.25, 0.3) is 0 Å². The molecule has 0 amide bonds. The third-order valence-electron chi connectivity index (χ3n) is 1.95. The molecule has 1 aromatic heterocycles. The van der Waals surface area contributed by atoms with Crippen LogP contribution in [-0.2, 0) is 24.1 Å². The normalized spacial score (nSPS) is 11.7. The Morgan fingerprint density at radius 1 is 1.13 bits per heavy atom. The second-order valence-corrected chi connectivity index (χ2v) is 4.46. The lowest BCUT2D eigenvalue weighted by atomic mass is 10.5. The Labute approximate surface area is 84.8 Å². The van der Waals surface area contributed by atoms with Gasteiger partial charge in [0.05, 0.1) is 0 Å². The molecule has 0 aliphatic rings. The Balaban J connectivity index is 4.03. The number of primary sulfonamides is 1. The van der Waals surface area contributed by atoms with Crippen molar-refractivity contribution in [3.05, 3.63) is 20.8 Å². The topological polar surface area (TPSA) is 130 Å². The summed E-state index contributed by atoms with van der Waals surface area (Å²) in [4.78, 5) is 21.9. The van der Waals surface area contributed by atoms with Crippen molar-refractivity contribution in [3.8, 4) is 0 Å². The maximum absolute atomic E-state index is 11.4. The van der Waals surface area contributed by atoms with Gasteiger partial charge in [-0.1, -0.05) is 0 Å². The number of sulfonamides is 1. The molecule has 8 nitrogen and oxygen atoms in total. The van der Waals surface area contributed by atoms with Gasteiger partial charge >= 0.3 is 5.69 Å². The number of nitrogen functional groups attached to an aromatic ring is 1. The Kier molecular flexibility index (Phi) is 2.45. The minimum Gasteiger partial charge on any atom is -0.384 e. The molecule has 0 aromatic carbocycles. The van der Waals surface area contributed by atoms with E-state index in [1.165, 1.54) is 7.05 Å². The highest BCUT2D eigenvalue weighted by atomic mass is 32.2. The van der Waals surface area contributed by atoms with Gasteiger partial charge in [-0.15, -0.1) is 0 Å². The third kappa shape index (κ3) is 1.66. The van der Waals surface area contributed by atoms with E-state index in [9.17, 15) is 18.0 Å². The van der Waals surface area contributed by atoms with Gasteiger partial charge in [-0.3, -0.25) is 13.9 Å². The Hall–Kier alpha value is -1.61. The van der Waals surface area contributed by atoms with Crippen molar-refractivity contribution < 1.29 is 8.42 Å². The van der Waals surface area contributed by atoms with Crippen LogP contribution in [0.1, 0.15) is 0 Å². The fourth-order valence-electron chi connectivity index (χ4n) is 1.10. The zero-order valence-corrected chi connectivity index (χ0v) is 8.91. The van der Waals surface area contributed by atoms with Gasteiger partial charge in [0.25, 0.3) is 5.56 Å². The fraction of sp³-hybridized carbons (Fsp3) is 0.333. The number of aromatic nitrogens is 2. The molecule has 0 aliphatic carbocycles. The Morgan fingerprint density at radius 2 is 1.60 bits per heavy atom. The average molecular weight is 234 g/mol. The molecule has 0 atom stereocenters. The second-order valence-electron chi connectivity index (χ2n) is 2.97. The molecule has 0 radical (unpaired) electrons. The maximum Gasteiger partial charge on any atom is 0.332 e. The van der Waals surface area contributed by atoms with Crippen molar-refractivity contribution >= 4 is 15.8 Å². The van der Waals surface area contributed by atoms with E-state index in [1.54, 1.807) is 0 Å². The third-order valence-corrected chi connectivity index (χ3v) is 2.90. The van der Waals surface area contributed by atoms with Gasteiger partial charge in [0.1, 0.15) is 5.82 Å². The molecular weight excluding hydrogens is 224 g/mol. The summed E-state index contributed by atoms with van der Waals surface area (Å²) in [7, 11) is -1.86. The van der Waals surface area contributed by atoms with Crippen LogP contribution in [0.15, 0.2) is 14.5 Å². The monoisotopic (exact) mass is 234 g/mol. The number of hydrogen-bond acceptors (Lipinski definition) is 5. The minimum atomic E-state index is -4.24. The van der Waals surface area contributed by atoms with Crippen LogP contribution in [0.3, 0.4) is 0 Å². The molecule has 0 bridgehead atoms. The predicted octanol–water partition coefficient (Wildman–Crippen LogP) is -2.69. The summed E-state index contributed by atoms with van der Waals surface area (Å²) >= 11 is 0. The molecule has 0 spiro atoms. The predicted molar refractivity (Wildman–Crippen MR) is 52.7 cm³/mol. The lowest BCUT2D eigenvalue weighted by Gasteiger charge is -2.09. The smallest absolute Gasteiger partial charge is 0.332 e. The van der Waals surface area contributed by atoms with Crippen LogP contribution in [0, 0.1) is 0 Å². The Bertz CT molecular complexity index is 624. The van der Waals surface area contributed by atoms with Gasteiger partial charge in [-0.25, -0.2) is 18.4 Å². The van der Waals surface area contributed by atoms with Crippen molar-refractivity contribution in [3.63, 3.8) is 0 Å². The van der Waals surface area contributed by atoms with E-state index >= 15 is 0 Å². The van der Waals surface area contributed by atoms with Crippen molar-refractivity contribution in [2.45, 2.75) is 4.90 Å². The first-order valence-electron chi connectivity index (χ1n) is 3.76. The summed E-state index contributed by atoms with van der Waals surface area (Å²) in [6, 6.07) is 0. The molecule has 1 aromatic rings. The molecule has 0 aliphatic heterocycles. The molecule has 15 heavy (non-hydrogen) atoms. The molecular formula is C6H10N4O4S. The zero-order valence-electron chi connectivity index (χ0n) is 8.09. The molecule has 0 saturated carbocycles. The first-order chi connectivity index (χ1) is 6.68. The highest BCUT2D eigenvalue weighted by Crippen LogP contribution is 2.07. The molecule has 9 heteroatoms. The number of nitrogens with two attached hydrogens (primary N) is 2. The highest BCUT2D eigenvalue weighted by molar-refractivity contribution is 7.89. The van der Waals surface area contributed by atoms with E-state index < -0.39 is 32.0 Å². The van der Waals surface area contributed by atoms with Gasteiger partial charge in [-0.2, -0.15) is 0 Å². The van der Waals surface area contributed by atoms with E-state index in [-0.39, 0.29) is 0 Å². The van der Waals surface area contributed by atoms with Crippen LogP contribution in [0.5, 0.6) is 0 Å². The highest BCUT2D eigenvalue weighted by Gasteiger charge is 2.22. The summed E-state index contributed by atoms with van der Waals surface area (Å²) < 4.78 is 23.6. The van der Waals surface area contributed by atoms with Crippen LogP contribution in [0.4, 0.5) is 5.82 Å². The number of anilines is 1. The largest absolute Gasteiger partial charge is 0.384 e. The molecule has 84 valence electrons. The SMILES string of the molecule is Cn1c(N)c(S(N)(=O)=O)c(=O)n(C)c1=O. The second kappa shape index (κ2) is 3.21. The van der Waals surface area contributed by atoms with E-state index in [2.05, 4.69) is 0 Å². The van der Waals surface area contributed by atoms with Gasteiger partial charge in [0.2, 0.25) is 10.0 Å².